The van der Waals surface area contributed by atoms with Crippen LogP contribution in [-0.4, -0.2) is 51.6 Å². The number of rotatable bonds is 11. The topological polar surface area (TPSA) is 56.8 Å². The van der Waals surface area contributed by atoms with Gasteiger partial charge in [-0.15, -0.1) is 0 Å². The molecule has 114 valence electrons. The summed E-state index contributed by atoms with van der Waals surface area (Å²) in [4.78, 5) is 11.8. The first-order chi connectivity index (χ1) is 9.00. The lowest BCUT2D eigenvalue weighted by molar-refractivity contribution is -0.150. The number of nitrogens with one attached hydrogen (secondary N) is 1. The molecular weight excluding hydrogens is 246 g/mol. The summed E-state index contributed by atoms with van der Waals surface area (Å²) in [6.07, 6.45) is 2.69. The minimum absolute atomic E-state index is 0.116. The third-order valence-electron chi connectivity index (χ3n) is 3.15. The Labute approximate surface area is 117 Å². The first-order valence-corrected chi connectivity index (χ1v) is 6.96. The molecule has 0 rings (SSSR count). The van der Waals surface area contributed by atoms with Crippen LogP contribution < -0.4 is 5.32 Å². The molecule has 2 unspecified atom stereocenters. The third-order valence-corrected chi connectivity index (χ3v) is 3.15. The van der Waals surface area contributed by atoms with Gasteiger partial charge in [-0.2, -0.15) is 0 Å². The molecule has 0 aliphatic carbocycles. The fourth-order valence-electron chi connectivity index (χ4n) is 1.77. The van der Waals surface area contributed by atoms with Crippen LogP contribution in [-0.2, 0) is 19.0 Å². The lowest BCUT2D eigenvalue weighted by Crippen LogP contribution is -2.48. The van der Waals surface area contributed by atoms with Crippen molar-refractivity contribution < 1.29 is 19.0 Å². The van der Waals surface area contributed by atoms with E-state index in [0.717, 1.165) is 19.3 Å². The van der Waals surface area contributed by atoms with Crippen LogP contribution in [0.3, 0.4) is 0 Å². The van der Waals surface area contributed by atoms with Gasteiger partial charge in [-0.1, -0.05) is 0 Å². The number of esters is 1. The van der Waals surface area contributed by atoms with Crippen molar-refractivity contribution in [2.45, 2.75) is 51.7 Å². The van der Waals surface area contributed by atoms with Crippen LogP contribution in [0, 0.1) is 0 Å². The fourth-order valence-corrected chi connectivity index (χ4v) is 1.77. The Kier molecular flexibility index (Phi) is 9.83. The number of hydrogen-bond donors (Lipinski definition) is 1. The summed E-state index contributed by atoms with van der Waals surface area (Å²) in [6.45, 7) is 7.39. The van der Waals surface area contributed by atoms with E-state index in [0.29, 0.717) is 19.8 Å². The molecule has 0 heterocycles. The smallest absolute Gasteiger partial charge is 0.326 e. The molecule has 0 amide bonds. The highest BCUT2D eigenvalue weighted by Crippen LogP contribution is 2.15. The second-order valence-electron chi connectivity index (χ2n) is 4.90. The minimum Gasteiger partial charge on any atom is -0.465 e. The maximum absolute atomic E-state index is 11.8. The van der Waals surface area contributed by atoms with Gasteiger partial charge in [0.1, 0.15) is 5.54 Å². The summed E-state index contributed by atoms with van der Waals surface area (Å²) >= 11 is 0. The Morgan fingerprint density at radius 2 is 2.05 bits per heavy atom. The molecule has 0 saturated carbocycles. The summed E-state index contributed by atoms with van der Waals surface area (Å²) in [6, 6.07) is 0. The number of carbonyl (C=O) groups excluding carboxylic acids is 1. The average molecular weight is 275 g/mol. The number of likely N-dealkylation sites (N-methyl/N-ethyl adjacent to an activating group) is 1. The van der Waals surface area contributed by atoms with Crippen molar-refractivity contribution >= 4 is 5.97 Å². The highest BCUT2D eigenvalue weighted by Gasteiger charge is 2.32. The molecular formula is C14H29NO4. The molecule has 0 bridgehead atoms. The normalized spacial score (nSPS) is 15.8. The van der Waals surface area contributed by atoms with E-state index in [-0.39, 0.29) is 12.1 Å². The average Bonchev–Trinajstić information content (AvgIpc) is 2.38. The lowest BCUT2D eigenvalue weighted by atomic mass is 9.95. The summed E-state index contributed by atoms with van der Waals surface area (Å²) in [5.41, 5.74) is -0.603. The van der Waals surface area contributed by atoms with Crippen LogP contribution in [0.1, 0.15) is 40.0 Å². The Balaban J connectivity index is 3.86. The van der Waals surface area contributed by atoms with Gasteiger partial charge >= 0.3 is 5.97 Å². The highest BCUT2D eigenvalue weighted by atomic mass is 16.5. The maximum Gasteiger partial charge on any atom is 0.326 e. The summed E-state index contributed by atoms with van der Waals surface area (Å²) in [5.74, 6) is -0.189. The van der Waals surface area contributed by atoms with E-state index in [1.165, 1.54) is 0 Å². The van der Waals surface area contributed by atoms with E-state index in [1.807, 2.05) is 20.8 Å². The minimum atomic E-state index is -0.603. The Bertz CT molecular complexity index is 248. The van der Waals surface area contributed by atoms with Crippen molar-refractivity contribution in [3.8, 4) is 0 Å². The number of unbranched alkanes of at least 4 members (excludes halogenated alkanes) is 1. The second-order valence-corrected chi connectivity index (χ2v) is 4.90. The molecule has 0 spiro atoms. The van der Waals surface area contributed by atoms with Gasteiger partial charge < -0.3 is 19.5 Å². The zero-order valence-corrected chi connectivity index (χ0v) is 13.0. The first kappa shape index (κ1) is 18.4. The van der Waals surface area contributed by atoms with Gasteiger partial charge in [0.2, 0.25) is 0 Å². The Morgan fingerprint density at radius 1 is 1.37 bits per heavy atom. The van der Waals surface area contributed by atoms with Crippen LogP contribution in [0.2, 0.25) is 0 Å². The summed E-state index contributed by atoms with van der Waals surface area (Å²) in [5, 5.41) is 3.05. The van der Waals surface area contributed by atoms with Crippen molar-refractivity contribution in [2.75, 3.05) is 34.0 Å². The molecule has 19 heavy (non-hydrogen) atoms. The van der Waals surface area contributed by atoms with Gasteiger partial charge in [0.25, 0.3) is 0 Å². The van der Waals surface area contributed by atoms with E-state index >= 15 is 0 Å². The molecule has 0 aliphatic heterocycles. The van der Waals surface area contributed by atoms with Crippen molar-refractivity contribution in [2.24, 2.45) is 0 Å². The van der Waals surface area contributed by atoms with Gasteiger partial charge in [-0.3, -0.25) is 4.79 Å². The second kappa shape index (κ2) is 10.2. The number of ether oxygens (including phenoxy) is 3. The van der Waals surface area contributed by atoms with E-state index in [9.17, 15) is 4.79 Å². The van der Waals surface area contributed by atoms with Crippen molar-refractivity contribution in [1.29, 1.82) is 0 Å². The molecule has 0 radical (unpaired) electrons. The van der Waals surface area contributed by atoms with Gasteiger partial charge in [0.15, 0.2) is 0 Å². The van der Waals surface area contributed by atoms with Gasteiger partial charge in [-0.25, -0.2) is 0 Å². The predicted octanol–water partition coefficient (Wildman–Crippen LogP) is 1.75. The molecule has 1 N–H and O–H groups in total. The van der Waals surface area contributed by atoms with Crippen LogP contribution >= 0.6 is 0 Å². The largest absolute Gasteiger partial charge is 0.465 e. The summed E-state index contributed by atoms with van der Waals surface area (Å²) in [7, 11) is 3.45. The molecule has 2 atom stereocenters. The molecule has 0 saturated heterocycles. The lowest BCUT2D eigenvalue weighted by Gasteiger charge is -2.26. The van der Waals surface area contributed by atoms with E-state index in [1.54, 1.807) is 14.2 Å². The van der Waals surface area contributed by atoms with Gasteiger partial charge in [0, 0.05) is 13.7 Å². The molecule has 0 aromatic rings. The molecule has 0 aliphatic rings. The molecule has 5 nitrogen and oxygen atoms in total. The first-order valence-electron chi connectivity index (χ1n) is 6.96. The van der Waals surface area contributed by atoms with Crippen molar-refractivity contribution in [3.63, 3.8) is 0 Å². The van der Waals surface area contributed by atoms with Crippen molar-refractivity contribution in [3.05, 3.63) is 0 Å². The molecule has 0 fully saturated rings. The van der Waals surface area contributed by atoms with E-state index in [4.69, 9.17) is 14.2 Å². The van der Waals surface area contributed by atoms with Crippen LogP contribution in [0.5, 0.6) is 0 Å². The SMILES string of the molecule is CCOC(=O)C(C)(CCCCOC(C)COC)NC. The Morgan fingerprint density at radius 3 is 2.58 bits per heavy atom. The van der Waals surface area contributed by atoms with E-state index < -0.39 is 5.54 Å². The van der Waals surface area contributed by atoms with Crippen LogP contribution in [0.15, 0.2) is 0 Å². The number of carbonyl (C=O) groups is 1. The standard InChI is InChI=1S/C14H29NO4/c1-6-18-13(16)14(3,15-4)9-7-8-10-19-12(2)11-17-5/h12,15H,6-11H2,1-5H3. The van der Waals surface area contributed by atoms with E-state index in [2.05, 4.69) is 5.32 Å². The zero-order valence-electron chi connectivity index (χ0n) is 13.0. The maximum atomic E-state index is 11.8. The van der Waals surface area contributed by atoms with Crippen LogP contribution in [0.4, 0.5) is 0 Å². The van der Waals surface area contributed by atoms with Crippen molar-refractivity contribution in [1.82, 2.24) is 5.32 Å². The number of methoxy groups -OCH3 is 1. The highest BCUT2D eigenvalue weighted by molar-refractivity contribution is 5.80. The predicted molar refractivity (Wildman–Crippen MR) is 75.2 cm³/mol. The molecule has 5 heteroatoms. The Hall–Kier alpha value is -0.650. The quantitative estimate of drug-likeness (QED) is 0.460. The fraction of sp³-hybridized carbons (Fsp3) is 0.929. The van der Waals surface area contributed by atoms with Crippen LogP contribution in [0.25, 0.3) is 0 Å². The number of hydrogen-bond acceptors (Lipinski definition) is 5. The third kappa shape index (κ3) is 7.50. The van der Waals surface area contributed by atoms with Gasteiger partial charge in [0.05, 0.1) is 19.3 Å². The molecule has 0 aromatic heterocycles. The summed E-state index contributed by atoms with van der Waals surface area (Å²) < 4.78 is 15.6. The zero-order chi connectivity index (χ0) is 14.7. The van der Waals surface area contributed by atoms with Gasteiger partial charge in [-0.05, 0) is 47.1 Å². The molecule has 0 aromatic carbocycles. The monoisotopic (exact) mass is 275 g/mol.